The second-order valence-electron chi connectivity index (χ2n) is 7.32. The Morgan fingerprint density at radius 2 is 1.76 bits per heavy atom. The lowest BCUT2D eigenvalue weighted by atomic mass is 10.0. The Balaban J connectivity index is 1.58. The van der Waals surface area contributed by atoms with Crippen LogP contribution in [0.15, 0.2) is 76.7 Å². The Kier molecular flexibility index (Phi) is 6.55. The summed E-state index contributed by atoms with van der Waals surface area (Å²) in [7, 11) is 3.07. The summed E-state index contributed by atoms with van der Waals surface area (Å²) in [5.74, 6) is 0.716. The monoisotopic (exact) mass is 463 g/mol. The Bertz CT molecular complexity index is 1360. The van der Waals surface area contributed by atoms with Gasteiger partial charge in [0.05, 0.1) is 5.69 Å². The fourth-order valence-corrected chi connectivity index (χ4v) is 3.52. The zero-order valence-corrected chi connectivity index (χ0v) is 19.2. The molecule has 0 amide bonds. The molecule has 168 valence electrons. The van der Waals surface area contributed by atoms with E-state index in [1.165, 1.54) is 16.5 Å². The van der Waals surface area contributed by atoms with Gasteiger partial charge in [0.15, 0.2) is 0 Å². The van der Waals surface area contributed by atoms with Crippen LogP contribution < -0.4 is 10.4 Å². The third-order valence-electron chi connectivity index (χ3n) is 5.07. The topological polar surface area (TPSA) is 83.5 Å². The van der Waals surface area contributed by atoms with Crippen LogP contribution in [0.3, 0.4) is 0 Å². The molecule has 8 nitrogen and oxygen atoms in total. The molecule has 0 saturated carbocycles. The van der Waals surface area contributed by atoms with E-state index >= 15 is 0 Å². The standard InChI is InChI=1S/C24H22ClN5O3/c1-16-14-18(23(26-32-3)17-8-11-20(25)12-9-17)10-13-22(16)33-15-19-6-4-5-7-21(19)30-24(31)29(2)27-28-30/h4-14H,15H2,1-3H3. The predicted molar refractivity (Wildman–Crippen MR) is 126 cm³/mol. The van der Waals surface area contributed by atoms with Gasteiger partial charge in [-0.25, -0.2) is 4.79 Å². The predicted octanol–water partition coefficient (Wildman–Crippen LogP) is 3.91. The molecule has 1 aromatic heterocycles. The molecule has 1 heterocycles. The van der Waals surface area contributed by atoms with Gasteiger partial charge in [-0.05, 0) is 59.3 Å². The number of benzene rings is 3. The molecule has 0 saturated heterocycles. The van der Waals surface area contributed by atoms with Gasteiger partial charge in [0.2, 0.25) is 0 Å². The molecule has 3 aromatic carbocycles. The third-order valence-corrected chi connectivity index (χ3v) is 5.33. The Hall–Kier alpha value is -3.91. The van der Waals surface area contributed by atoms with Gasteiger partial charge in [0.25, 0.3) is 0 Å². The van der Waals surface area contributed by atoms with E-state index in [1.807, 2.05) is 73.7 Å². The first-order valence-electron chi connectivity index (χ1n) is 10.2. The van der Waals surface area contributed by atoms with E-state index in [-0.39, 0.29) is 12.3 Å². The second kappa shape index (κ2) is 9.70. The highest BCUT2D eigenvalue weighted by molar-refractivity contribution is 6.30. The maximum Gasteiger partial charge on any atom is 0.368 e. The number of para-hydroxylation sites is 1. The highest BCUT2D eigenvalue weighted by Gasteiger charge is 2.13. The van der Waals surface area contributed by atoms with E-state index in [1.54, 1.807) is 7.05 Å². The van der Waals surface area contributed by atoms with Gasteiger partial charge in [-0.1, -0.05) is 47.1 Å². The van der Waals surface area contributed by atoms with Gasteiger partial charge >= 0.3 is 5.69 Å². The smallest absolute Gasteiger partial charge is 0.368 e. The van der Waals surface area contributed by atoms with E-state index in [0.29, 0.717) is 22.2 Å². The van der Waals surface area contributed by atoms with E-state index < -0.39 is 0 Å². The van der Waals surface area contributed by atoms with Crippen LogP contribution in [-0.2, 0) is 18.5 Å². The van der Waals surface area contributed by atoms with Crippen LogP contribution in [0.5, 0.6) is 5.75 Å². The van der Waals surface area contributed by atoms with Gasteiger partial charge < -0.3 is 9.57 Å². The average molecular weight is 464 g/mol. The number of nitrogens with zero attached hydrogens (tertiary/aromatic N) is 5. The summed E-state index contributed by atoms with van der Waals surface area (Å²) >= 11 is 6.02. The lowest BCUT2D eigenvalue weighted by Crippen LogP contribution is -2.23. The Morgan fingerprint density at radius 1 is 1.03 bits per heavy atom. The van der Waals surface area contributed by atoms with Crippen LogP contribution in [0.2, 0.25) is 5.02 Å². The van der Waals surface area contributed by atoms with Crippen LogP contribution in [0.25, 0.3) is 5.69 Å². The number of rotatable bonds is 7. The number of aryl methyl sites for hydroxylation is 2. The first-order chi connectivity index (χ1) is 16.0. The van der Waals surface area contributed by atoms with Crippen molar-refractivity contribution in [3.05, 3.63) is 104 Å². The maximum atomic E-state index is 12.3. The molecule has 0 unspecified atom stereocenters. The van der Waals surface area contributed by atoms with Crippen molar-refractivity contribution in [2.24, 2.45) is 12.2 Å². The summed E-state index contributed by atoms with van der Waals surface area (Å²) in [6.45, 7) is 2.22. The quantitative estimate of drug-likeness (QED) is 0.306. The van der Waals surface area contributed by atoms with Crippen LogP contribution in [0.4, 0.5) is 0 Å². The molecule has 9 heteroatoms. The number of hydrogen-bond acceptors (Lipinski definition) is 6. The van der Waals surface area contributed by atoms with Gasteiger partial charge in [-0.15, -0.1) is 0 Å². The maximum absolute atomic E-state index is 12.3. The SMILES string of the molecule is CON=C(c1ccc(Cl)cc1)c1ccc(OCc2ccccc2-n2nnn(C)c2=O)c(C)c1. The van der Waals surface area contributed by atoms with Crippen molar-refractivity contribution in [3.63, 3.8) is 0 Å². The van der Waals surface area contributed by atoms with Crippen LogP contribution in [0, 0.1) is 6.92 Å². The molecule has 0 N–H and O–H groups in total. The summed E-state index contributed by atoms with van der Waals surface area (Å²) in [5.41, 5.74) is 4.51. The molecule has 0 bridgehead atoms. The molecule has 0 aliphatic rings. The Labute approximate surface area is 195 Å². The number of tetrazole rings is 1. The number of hydrogen-bond donors (Lipinski definition) is 0. The molecule has 0 radical (unpaired) electrons. The molecule has 0 atom stereocenters. The highest BCUT2D eigenvalue weighted by atomic mass is 35.5. The molecule has 0 aliphatic carbocycles. The van der Waals surface area contributed by atoms with Crippen LogP contribution in [0.1, 0.15) is 22.3 Å². The zero-order chi connectivity index (χ0) is 23.4. The van der Waals surface area contributed by atoms with Crippen molar-refractivity contribution >= 4 is 17.3 Å². The van der Waals surface area contributed by atoms with E-state index in [4.69, 9.17) is 21.2 Å². The normalized spacial score (nSPS) is 11.5. The second-order valence-corrected chi connectivity index (χ2v) is 7.76. The fourth-order valence-electron chi connectivity index (χ4n) is 3.39. The molecule has 33 heavy (non-hydrogen) atoms. The first kappa shape index (κ1) is 22.3. The zero-order valence-electron chi connectivity index (χ0n) is 18.4. The van der Waals surface area contributed by atoms with Crippen molar-refractivity contribution in [2.45, 2.75) is 13.5 Å². The molecule has 4 aromatic rings. The minimum Gasteiger partial charge on any atom is -0.489 e. The minimum absolute atomic E-state index is 0.260. The summed E-state index contributed by atoms with van der Waals surface area (Å²) in [6.07, 6.45) is 0. The number of halogens is 1. The van der Waals surface area contributed by atoms with E-state index in [9.17, 15) is 4.79 Å². The van der Waals surface area contributed by atoms with Crippen molar-refractivity contribution in [1.29, 1.82) is 0 Å². The lowest BCUT2D eigenvalue weighted by molar-refractivity contribution is 0.214. The average Bonchev–Trinajstić information content (AvgIpc) is 3.15. The van der Waals surface area contributed by atoms with E-state index in [2.05, 4.69) is 15.6 Å². The van der Waals surface area contributed by atoms with Gasteiger partial charge in [0, 0.05) is 28.8 Å². The van der Waals surface area contributed by atoms with Gasteiger partial charge in [-0.3, -0.25) is 0 Å². The van der Waals surface area contributed by atoms with Gasteiger partial charge in [-0.2, -0.15) is 9.36 Å². The van der Waals surface area contributed by atoms with Crippen molar-refractivity contribution in [3.8, 4) is 11.4 Å². The van der Waals surface area contributed by atoms with E-state index in [0.717, 1.165) is 22.3 Å². The molecular formula is C24H22ClN5O3. The number of oxime groups is 1. The summed E-state index contributed by atoms with van der Waals surface area (Å²) in [4.78, 5) is 17.3. The summed E-state index contributed by atoms with van der Waals surface area (Å²) in [6, 6.07) is 20.6. The molecular weight excluding hydrogens is 442 g/mol. The number of aromatic nitrogens is 4. The summed E-state index contributed by atoms with van der Waals surface area (Å²) in [5, 5.41) is 12.6. The van der Waals surface area contributed by atoms with Crippen LogP contribution >= 0.6 is 11.6 Å². The van der Waals surface area contributed by atoms with Gasteiger partial charge in [0.1, 0.15) is 25.2 Å². The van der Waals surface area contributed by atoms with Crippen molar-refractivity contribution < 1.29 is 9.57 Å². The molecule has 0 spiro atoms. The van der Waals surface area contributed by atoms with Crippen molar-refractivity contribution in [2.75, 3.05) is 7.11 Å². The molecule has 0 fully saturated rings. The molecule has 4 rings (SSSR count). The number of ether oxygens (including phenoxy) is 1. The Morgan fingerprint density at radius 3 is 2.42 bits per heavy atom. The van der Waals surface area contributed by atoms with Crippen molar-refractivity contribution in [1.82, 2.24) is 19.8 Å². The lowest BCUT2D eigenvalue weighted by Gasteiger charge is -2.14. The highest BCUT2D eigenvalue weighted by Crippen LogP contribution is 2.24. The van der Waals surface area contributed by atoms with Crippen LogP contribution in [-0.4, -0.2) is 32.6 Å². The largest absolute Gasteiger partial charge is 0.489 e. The summed E-state index contributed by atoms with van der Waals surface area (Å²) < 4.78 is 8.53. The minimum atomic E-state index is -0.324. The third kappa shape index (κ3) is 4.80. The first-order valence-corrected chi connectivity index (χ1v) is 10.5. The fraction of sp³-hybridized carbons (Fsp3) is 0.167. The molecule has 0 aliphatic heterocycles.